The summed E-state index contributed by atoms with van der Waals surface area (Å²) in [7, 11) is 1.43. The first-order valence-corrected chi connectivity index (χ1v) is 8.89. The van der Waals surface area contributed by atoms with Gasteiger partial charge in [0.1, 0.15) is 0 Å². The number of para-hydroxylation sites is 1. The topological polar surface area (TPSA) is 73.9 Å². The molecule has 0 radical (unpaired) electrons. The predicted molar refractivity (Wildman–Crippen MR) is 104 cm³/mol. The van der Waals surface area contributed by atoms with Crippen LogP contribution in [0.25, 0.3) is 0 Å². The standard InChI is InChI=1S/C19H19Cl2NO5/c1-4-26-17-14(21)9-12(10-16(17)25-3)19(24)27-11(2)18(23)22-15-8-6-5-7-13(15)20/h5-11H,4H2,1-3H3,(H,22,23)/t11-/m1/s1. The fourth-order valence-electron chi connectivity index (χ4n) is 2.20. The second-order valence-corrected chi connectivity index (χ2v) is 6.25. The van der Waals surface area contributed by atoms with Crippen molar-refractivity contribution in [1.29, 1.82) is 0 Å². The number of ether oxygens (including phenoxy) is 3. The highest BCUT2D eigenvalue weighted by Crippen LogP contribution is 2.36. The summed E-state index contributed by atoms with van der Waals surface area (Å²) >= 11 is 12.2. The zero-order valence-corrected chi connectivity index (χ0v) is 16.6. The van der Waals surface area contributed by atoms with Crippen molar-refractivity contribution in [2.45, 2.75) is 20.0 Å². The first-order valence-electron chi connectivity index (χ1n) is 8.14. The smallest absolute Gasteiger partial charge is 0.339 e. The molecule has 0 aliphatic rings. The molecule has 6 nitrogen and oxygen atoms in total. The van der Waals surface area contributed by atoms with Crippen LogP contribution in [0.15, 0.2) is 36.4 Å². The number of amides is 1. The molecule has 0 aromatic heterocycles. The summed E-state index contributed by atoms with van der Waals surface area (Å²) in [6, 6.07) is 9.60. The van der Waals surface area contributed by atoms with E-state index < -0.39 is 18.0 Å². The first kappa shape index (κ1) is 20.9. The Morgan fingerprint density at radius 1 is 1.15 bits per heavy atom. The number of hydrogen-bond donors (Lipinski definition) is 1. The van der Waals surface area contributed by atoms with Crippen LogP contribution in [-0.4, -0.2) is 31.7 Å². The monoisotopic (exact) mass is 411 g/mol. The Bertz CT molecular complexity index is 841. The molecule has 0 saturated heterocycles. The fourth-order valence-corrected chi connectivity index (χ4v) is 2.65. The molecule has 0 bridgehead atoms. The van der Waals surface area contributed by atoms with Crippen molar-refractivity contribution in [2.75, 3.05) is 19.0 Å². The van der Waals surface area contributed by atoms with Gasteiger partial charge in [-0.25, -0.2) is 4.79 Å². The van der Waals surface area contributed by atoms with Gasteiger partial charge in [0, 0.05) is 0 Å². The van der Waals surface area contributed by atoms with Crippen LogP contribution in [0.2, 0.25) is 10.0 Å². The van der Waals surface area contributed by atoms with Gasteiger partial charge < -0.3 is 19.5 Å². The van der Waals surface area contributed by atoms with Crippen LogP contribution >= 0.6 is 23.2 Å². The Kier molecular flexibility index (Phi) is 7.33. The minimum absolute atomic E-state index is 0.137. The Morgan fingerprint density at radius 2 is 1.85 bits per heavy atom. The Hall–Kier alpha value is -2.44. The van der Waals surface area contributed by atoms with Crippen molar-refractivity contribution in [3.8, 4) is 11.5 Å². The van der Waals surface area contributed by atoms with E-state index in [0.29, 0.717) is 28.8 Å². The average Bonchev–Trinajstić information content (AvgIpc) is 2.64. The summed E-state index contributed by atoms with van der Waals surface area (Å²) in [6.07, 6.45) is -1.05. The maximum Gasteiger partial charge on any atom is 0.339 e. The van der Waals surface area contributed by atoms with Crippen LogP contribution in [-0.2, 0) is 9.53 Å². The van der Waals surface area contributed by atoms with Crippen LogP contribution in [0.4, 0.5) is 5.69 Å². The molecule has 2 rings (SSSR count). The van der Waals surface area contributed by atoms with Crippen LogP contribution in [0.5, 0.6) is 11.5 Å². The molecule has 144 valence electrons. The number of benzene rings is 2. The number of anilines is 1. The lowest BCUT2D eigenvalue weighted by Crippen LogP contribution is -2.30. The highest BCUT2D eigenvalue weighted by Gasteiger charge is 2.22. The minimum Gasteiger partial charge on any atom is -0.493 e. The number of hydrogen-bond acceptors (Lipinski definition) is 5. The highest BCUT2D eigenvalue weighted by atomic mass is 35.5. The summed E-state index contributed by atoms with van der Waals surface area (Å²) in [5, 5.41) is 3.19. The van der Waals surface area contributed by atoms with Crippen LogP contribution in [0.1, 0.15) is 24.2 Å². The van der Waals surface area contributed by atoms with Crippen LogP contribution in [0, 0.1) is 0 Å². The lowest BCUT2D eigenvalue weighted by Gasteiger charge is -2.16. The molecule has 1 atom stereocenters. The molecular formula is C19H19Cl2NO5. The van der Waals surface area contributed by atoms with Gasteiger partial charge in [-0.3, -0.25) is 4.79 Å². The van der Waals surface area contributed by atoms with Crippen molar-refractivity contribution in [3.63, 3.8) is 0 Å². The minimum atomic E-state index is -1.05. The van der Waals surface area contributed by atoms with E-state index in [9.17, 15) is 9.59 Å². The highest BCUT2D eigenvalue weighted by molar-refractivity contribution is 6.33. The molecule has 2 aromatic rings. The fraction of sp³-hybridized carbons (Fsp3) is 0.263. The van der Waals surface area contributed by atoms with Crippen molar-refractivity contribution < 1.29 is 23.8 Å². The molecule has 0 saturated carbocycles. The molecule has 2 aromatic carbocycles. The number of nitrogens with one attached hydrogen (secondary N) is 1. The maximum absolute atomic E-state index is 12.4. The van der Waals surface area contributed by atoms with E-state index in [1.807, 2.05) is 0 Å². The normalized spacial score (nSPS) is 11.4. The number of methoxy groups -OCH3 is 1. The Labute approximate surface area is 167 Å². The maximum atomic E-state index is 12.4. The SMILES string of the molecule is CCOc1c(Cl)cc(C(=O)O[C@H](C)C(=O)Nc2ccccc2Cl)cc1OC. The molecule has 0 unspecified atom stereocenters. The molecule has 8 heteroatoms. The van der Waals surface area contributed by atoms with Gasteiger partial charge in [0.2, 0.25) is 0 Å². The summed E-state index contributed by atoms with van der Waals surface area (Å²) in [5.41, 5.74) is 0.565. The van der Waals surface area contributed by atoms with Gasteiger partial charge in [-0.15, -0.1) is 0 Å². The van der Waals surface area contributed by atoms with Crippen molar-refractivity contribution in [2.24, 2.45) is 0 Å². The second-order valence-electron chi connectivity index (χ2n) is 5.44. The van der Waals surface area contributed by atoms with Crippen LogP contribution < -0.4 is 14.8 Å². The number of carbonyl (C=O) groups is 2. The number of carbonyl (C=O) groups excluding carboxylic acids is 2. The lowest BCUT2D eigenvalue weighted by molar-refractivity contribution is -0.123. The summed E-state index contributed by atoms with van der Waals surface area (Å²) in [6.45, 7) is 3.65. The quantitative estimate of drug-likeness (QED) is 0.674. The van der Waals surface area contributed by atoms with Crippen molar-refractivity contribution in [1.82, 2.24) is 0 Å². The van der Waals surface area contributed by atoms with Gasteiger partial charge >= 0.3 is 5.97 Å². The van der Waals surface area contributed by atoms with E-state index in [1.165, 1.54) is 26.2 Å². The third-order valence-corrected chi connectivity index (χ3v) is 4.15. The number of esters is 1. The zero-order chi connectivity index (χ0) is 20.0. The van der Waals surface area contributed by atoms with Gasteiger partial charge in [0.05, 0.1) is 35.0 Å². The molecule has 0 fully saturated rings. The van der Waals surface area contributed by atoms with Crippen molar-refractivity contribution in [3.05, 3.63) is 52.0 Å². The van der Waals surface area contributed by atoms with E-state index in [1.54, 1.807) is 31.2 Å². The van der Waals surface area contributed by atoms with Gasteiger partial charge in [-0.2, -0.15) is 0 Å². The van der Waals surface area contributed by atoms with Gasteiger partial charge in [0.15, 0.2) is 17.6 Å². The van der Waals surface area contributed by atoms with E-state index in [0.717, 1.165) is 0 Å². The van der Waals surface area contributed by atoms with E-state index in [-0.39, 0.29) is 10.6 Å². The molecule has 27 heavy (non-hydrogen) atoms. The number of rotatable bonds is 7. The Balaban J connectivity index is 2.10. The predicted octanol–water partition coefficient (Wildman–Crippen LogP) is 4.58. The third kappa shape index (κ3) is 5.28. The second kappa shape index (κ2) is 9.48. The first-order chi connectivity index (χ1) is 12.9. The third-order valence-electron chi connectivity index (χ3n) is 3.54. The van der Waals surface area contributed by atoms with Gasteiger partial charge in [-0.1, -0.05) is 35.3 Å². The van der Waals surface area contributed by atoms with Crippen molar-refractivity contribution >= 4 is 40.8 Å². The molecule has 0 aliphatic heterocycles. The van der Waals surface area contributed by atoms with Crippen LogP contribution in [0.3, 0.4) is 0 Å². The van der Waals surface area contributed by atoms with Gasteiger partial charge in [-0.05, 0) is 38.1 Å². The van der Waals surface area contributed by atoms with E-state index in [2.05, 4.69) is 5.32 Å². The van der Waals surface area contributed by atoms with E-state index in [4.69, 9.17) is 37.4 Å². The summed E-state index contributed by atoms with van der Waals surface area (Å²) in [5.74, 6) is -0.604. The Morgan fingerprint density at radius 3 is 2.48 bits per heavy atom. The zero-order valence-electron chi connectivity index (χ0n) is 15.0. The summed E-state index contributed by atoms with van der Waals surface area (Å²) in [4.78, 5) is 24.6. The van der Waals surface area contributed by atoms with E-state index >= 15 is 0 Å². The average molecular weight is 412 g/mol. The molecular weight excluding hydrogens is 393 g/mol. The molecule has 1 N–H and O–H groups in total. The molecule has 0 aliphatic carbocycles. The summed E-state index contributed by atoms with van der Waals surface area (Å²) < 4.78 is 15.8. The molecule has 1 amide bonds. The largest absolute Gasteiger partial charge is 0.493 e. The lowest BCUT2D eigenvalue weighted by atomic mass is 10.2. The molecule has 0 heterocycles. The number of halogens is 2. The van der Waals surface area contributed by atoms with Gasteiger partial charge in [0.25, 0.3) is 5.91 Å². The molecule has 0 spiro atoms.